The van der Waals surface area contributed by atoms with Crippen molar-refractivity contribution in [3.05, 3.63) is 0 Å². The summed E-state index contributed by atoms with van der Waals surface area (Å²) in [6.45, 7) is 3.63. The first-order valence-electron chi connectivity index (χ1n) is 11.6. The average molecular weight is 435 g/mol. The number of nitrogens with zero attached hydrogens (tertiary/aromatic N) is 1. The molecule has 7 heteroatoms. The van der Waals surface area contributed by atoms with Gasteiger partial charge in [0, 0.05) is 0 Å². The van der Waals surface area contributed by atoms with Crippen molar-refractivity contribution >= 4 is 11.9 Å². The van der Waals surface area contributed by atoms with Gasteiger partial charge in [-0.05, 0) is 12.8 Å². The van der Waals surface area contributed by atoms with Crippen molar-refractivity contribution in [1.29, 1.82) is 0 Å². The van der Waals surface area contributed by atoms with Crippen molar-refractivity contribution in [3.8, 4) is 0 Å². The number of carboxylic acids is 2. The van der Waals surface area contributed by atoms with E-state index in [0.29, 0.717) is 0 Å². The number of carboxylic acid groups (broad SMARTS) is 2. The number of hydrogen-bond donors (Lipinski definition) is 4. The van der Waals surface area contributed by atoms with Gasteiger partial charge in [-0.2, -0.15) is 0 Å². The molecule has 0 amide bonds. The molecule has 0 bridgehead atoms. The predicted octanol–water partition coefficient (Wildman–Crippen LogP) is 4.05. The summed E-state index contributed by atoms with van der Waals surface area (Å²) >= 11 is 0. The number of aliphatic hydroxyl groups excluding tert-OH is 2. The van der Waals surface area contributed by atoms with Crippen LogP contribution in [0.15, 0.2) is 0 Å². The number of rotatable bonds is 18. The molecule has 0 aliphatic heterocycles. The van der Waals surface area contributed by atoms with Gasteiger partial charge in [0.1, 0.15) is 0 Å². The van der Waals surface area contributed by atoms with E-state index in [2.05, 4.69) is 28.1 Å². The summed E-state index contributed by atoms with van der Waals surface area (Å²) < 4.78 is 1.12. The molecule has 0 heterocycles. The SMILES string of the molecule is CCCCCCCCCCCCCCCC[N+](C)(C)C.O=C(O)C(O)C(O)C(=O)O. The van der Waals surface area contributed by atoms with E-state index in [-0.39, 0.29) is 0 Å². The maximum Gasteiger partial charge on any atom is 0.335 e. The van der Waals surface area contributed by atoms with Gasteiger partial charge < -0.3 is 24.9 Å². The Labute approximate surface area is 183 Å². The van der Waals surface area contributed by atoms with Gasteiger partial charge in [-0.1, -0.05) is 84.0 Å². The zero-order valence-corrected chi connectivity index (χ0v) is 19.8. The van der Waals surface area contributed by atoms with Crippen molar-refractivity contribution in [1.82, 2.24) is 0 Å². The summed E-state index contributed by atoms with van der Waals surface area (Å²) in [6.07, 6.45) is 15.8. The summed E-state index contributed by atoms with van der Waals surface area (Å²) in [6, 6.07) is 0. The molecule has 0 fully saturated rings. The Morgan fingerprint density at radius 2 is 0.867 bits per heavy atom. The van der Waals surface area contributed by atoms with Crippen LogP contribution in [0.3, 0.4) is 0 Å². The van der Waals surface area contributed by atoms with E-state index in [9.17, 15) is 9.59 Å². The van der Waals surface area contributed by atoms with Crippen molar-refractivity contribution in [2.75, 3.05) is 27.7 Å². The molecule has 7 nitrogen and oxygen atoms in total. The summed E-state index contributed by atoms with van der Waals surface area (Å²) in [5.41, 5.74) is 0. The summed E-state index contributed by atoms with van der Waals surface area (Å²) in [5.74, 6) is -3.54. The van der Waals surface area contributed by atoms with E-state index in [4.69, 9.17) is 20.4 Å². The smallest absolute Gasteiger partial charge is 0.335 e. The third kappa shape index (κ3) is 23.1. The molecule has 0 aromatic rings. The van der Waals surface area contributed by atoms with Gasteiger partial charge >= 0.3 is 11.9 Å². The highest BCUT2D eigenvalue weighted by Gasteiger charge is 2.29. The number of unbranched alkanes of at least 4 members (excludes halogenated alkanes) is 13. The number of carbonyl (C=O) groups is 2. The number of aliphatic hydroxyl groups is 2. The van der Waals surface area contributed by atoms with Crippen LogP contribution in [-0.2, 0) is 9.59 Å². The molecule has 4 N–H and O–H groups in total. The summed E-state index contributed by atoms with van der Waals surface area (Å²) in [4.78, 5) is 19.5. The van der Waals surface area contributed by atoms with Crippen molar-refractivity contribution in [2.24, 2.45) is 0 Å². The van der Waals surface area contributed by atoms with Crippen LogP contribution in [0, 0.1) is 0 Å². The minimum absolute atomic E-state index is 1.12. The molecule has 180 valence electrons. The molecule has 0 radical (unpaired) electrons. The van der Waals surface area contributed by atoms with E-state index >= 15 is 0 Å². The Morgan fingerprint density at radius 1 is 0.600 bits per heavy atom. The van der Waals surface area contributed by atoms with E-state index < -0.39 is 24.1 Å². The normalized spacial score (nSPS) is 13.3. The zero-order chi connectivity index (χ0) is 23.4. The fraction of sp³-hybridized carbons (Fsp3) is 0.913. The number of hydrogen-bond acceptors (Lipinski definition) is 4. The predicted molar refractivity (Wildman–Crippen MR) is 120 cm³/mol. The Bertz CT molecular complexity index is 404. The maximum atomic E-state index is 9.77. The first kappa shape index (κ1) is 31.0. The standard InChI is InChI=1S/C19H42N.C4H6O6/c1-5-6-7-8-9-10-11-12-13-14-15-16-17-18-19-20(2,3)4;5-1(3(7)8)2(6)4(9)10/h5-19H2,1-4H3;1-2,5-6H,(H,7,8)(H,9,10)/q+1;. The van der Waals surface area contributed by atoms with Gasteiger partial charge in [-0.15, -0.1) is 0 Å². The van der Waals surface area contributed by atoms with Crippen LogP contribution in [0.4, 0.5) is 0 Å². The van der Waals surface area contributed by atoms with Gasteiger partial charge in [0.25, 0.3) is 0 Å². The Kier molecular flexibility index (Phi) is 20.4. The quantitative estimate of drug-likeness (QED) is 0.191. The fourth-order valence-corrected chi connectivity index (χ4v) is 3.05. The lowest BCUT2D eigenvalue weighted by atomic mass is 10.0. The highest BCUT2D eigenvalue weighted by molar-refractivity contribution is 5.83. The zero-order valence-electron chi connectivity index (χ0n) is 19.8. The summed E-state index contributed by atoms with van der Waals surface area (Å²) in [7, 11) is 6.88. The van der Waals surface area contributed by atoms with Crippen LogP contribution < -0.4 is 0 Å². The van der Waals surface area contributed by atoms with Crippen molar-refractivity contribution in [2.45, 2.75) is 109 Å². The van der Waals surface area contributed by atoms with Crippen LogP contribution in [0.25, 0.3) is 0 Å². The summed E-state index contributed by atoms with van der Waals surface area (Å²) in [5, 5.41) is 32.5. The van der Waals surface area contributed by atoms with Gasteiger partial charge in [0.2, 0.25) is 0 Å². The molecule has 30 heavy (non-hydrogen) atoms. The van der Waals surface area contributed by atoms with E-state index in [1.54, 1.807) is 0 Å². The van der Waals surface area contributed by atoms with E-state index in [0.717, 1.165) is 4.48 Å². The first-order chi connectivity index (χ1) is 14.0. The minimum atomic E-state index is -2.27. The molecular weight excluding hydrogens is 386 g/mol. The monoisotopic (exact) mass is 434 g/mol. The molecule has 2 unspecified atom stereocenters. The molecule has 0 saturated carbocycles. The maximum absolute atomic E-state index is 9.77. The lowest BCUT2D eigenvalue weighted by Gasteiger charge is -2.23. The molecule has 0 rings (SSSR count). The molecule has 0 aliphatic carbocycles. The topological polar surface area (TPSA) is 115 Å². The molecule has 2 atom stereocenters. The number of quaternary nitrogens is 1. The third-order valence-corrected chi connectivity index (χ3v) is 4.99. The largest absolute Gasteiger partial charge is 0.479 e. The van der Waals surface area contributed by atoms with Crippen molar-refractivity contribution in [3.63, 3.8) is 0 Å². The second kappa shape index (κ2) is 19.8. The molecular formula is C23H48NO6+. The Balaban J connectivity index is 0. The second-order valence-corrected chi connectivity index (χ2v) is 9.18. The van der Waals surface area contributed by atoms with Crippen LogP contribution in [0.5, 0.6) is 0 Å². The second-order valence-electron chi connectivity index (χ2n) is 9.18. The molecule has 0 aromatic heterocycles. The Hall–Kier alpha value is -1.18. The van der Waals surface area contributed by atoms with Crippen LogP contribution in [-0.4, -0.2) is 76.7 Å². The highest BCUT2D eigenvalue weighted by atomic mass is 16.4. The third-order valence-electron chi connectivity index (χ3n) is 4.99. The minimum Gasteiger partial charge on any atom is -0.479 e. The van der Waals surface area contributed by atoms with Crippen LogP contribution in [0.2, 0.25) is 0 Å². The molecule has 0 aromatic carbocycles. The molecule has 0 aliphatic rings. The van der Waals surface area contributed by atoms with E-state index in [1.165, 1.54) is 96.4 Å². The lowest BCUT2D eigenvalue weighted by molar-refractivity contribution is -0.870. The first-order valence-corrected chi connectivity index (χ1v) is 11.6. The molecule has 0 saturated heterocycles. The van der Waals surface area contributed by atoms with Gasteiger partial charge in [-0.3, -0.25) is 0 Å². The van der Waals surface area contributed by atoms with Crippen LogP contribution in [0.1, 0.15) is 96.8 Å². The van der Waals surface area contributed by atoms with Gasteiger partial charge in [-0.25, -0.2) is 9.59 Å². The van der Waals surface area contributed by atoms with Gasteiger partial charge in [0.05, 0.1) is 27.7 Å². The van der Waals surface area contributed by atoms with Crippen LogP contribution >= 0.6 is 0 Å². The van der Waals surface area contributed by atoms with Crippen molar-refractivity contribution < 1.29 is 34.5 Å². The average Bonchev–Trinajstić information content (AvgIpc) is 2.66. The lowest BCUT2D eigenvalue weighted by Crippen LogP contribution is -2.39. The highest BCUT2D eigenvalue weighted by Crippen LogP contribution is 2.13. The van der Waals surface area contributed by atoms with Gasteiger partial charge in [0.15, 0.2) is 12.2 Å². The fourth-order valence-electron chi connectivity index (χ4n) is 3.05. The molecule has 0 spiro atoms. The number of aliphatic carboxylic acids is 2. The van der Waals surface area contributed by atoms with E-state index in [1.807, 2.05) is 0 Å². The Morgan fingerprint density at radius 3 is 1.10 bits per heavy atom.